The van der Waals surface area contributed by atoms with Crippen LogP contribution in [0.2, 0.25) is 10.0 Å². The summed E-state index contributed by atoms with van der Waals surface area (Å²) in [4.78, 5) is 11.8. The van der Waals surface area contributed by atoms with Crippen LogP contribution in [0, 0.1) is 5.82 Å². The molecule has 0 bridgehead atoms. The number of amides is 1. The maximum absolute atomic E-state index is 13.6. The Morgan fingerprint density at radius 3 is 2.58 bits per heavy atom. The molecule has 0 spiro atoms. The van der Waals surface area contributed by atoms with Gasteiger partial charge < -0.3 is 5.32 Å². The van der Waals surface area contributed by atoms with Gasteiger partial charge in [-0.1, -0.05) is 41.4 Å². The molecule has 24 heavy (non-hydrogen) atoms. The van der Waals surface area contributed by atoms with Crippen molar-refractivity contribution in [2.45, 2.75) is 18.6 Å². The van der Waals surface area contributed by atoms with Gasteiger partial charge in [0, 0.05) is 40.1 Å². The first-order valence-corrected chi connectivity index (χ1v) is 9.49. The summed E-state index contributed by atoms with van der Waals surface area (Å²) < 4.78 is 13.6. The minimum absolute atomic E-state index is 0.00877. The molecule has 2 rings (SSSR count). The van der Waals surface area contributed by atoms with E-state index in [1.165, 1.54) is 17.8 Å². The Bertz CT molecular complexity index is 659. The van der Waals surface area contributed by atoms with Crippen LogP contribution in [0.4, 0.5) is 4.39 Å². The highest BCUT2D eigenvalue weighted by molar-refractivity contribution is 7.98. The van der Waals surface area contributed by atoms with Crippen molar-refractivity contribution in [2.24, 2.45) is 0 Å². The molecule has 0 unspecified atom stereocenters. The summed E-state index contributed by atoms with van der Waals surface area (Å²) in [6.45, 7) is 0.552. The minimum Gasteiger partial charge on any atom is -0.355 e. The molecular weight excluding hydrogens is 368 g/mol. The highest BCUT2D eigenvalue weighted by Crippen LogP contribution is 2.23. The van der Waals surface area contributed by atoms with E-state index in [-0.39, 0.29) is 11.7 Å². The van der Waals surface area contributed by atoms with Gasteiger partial charge in [0.1, 0.15) is 5.82 Å². The number of carbonyl (C=O) groups excluding carboxylic acids is 1. The van der Waals surface area contributed by atoms with Gasteiger partial charge in [0.25, 0.3) is 0 Å². The molecule has 2 aromatic rings. The molecule has 1 amide bonds. The highest BCUT2D eigenvalue weighted by atomic mass is 35.5. The van der Waals surface area contributed by atoms with E-state index in [1.807, 2.05) is 24.3 Å². The molecule has 1 N–H and O–H groups in total. The Labute approximate surface area is 155 Å². The molecule has 0 aliphatic heterocycles. The largest absolute Gasteiger partial charge is 0.355 e. The predicted molar refractivity (Wildman–Crippen MR) is 100 cm³/mol. The topological polar surface area (TPSA) is 29.1 Å². The maximum Gasteiger partial charge on any atom is 0.220 e. The Balaban J connectivity index is 1.62. The zero-order valence-electron chi connectivity index (χ0n) is 13.0. The molecule has 0 saturated heterocycles. The first-order chi connectivity index (χ1) is 11.6. The average Bonchev–Trinajstić information content (AvgIpc) is 2.56. The smallest absolute Gasteiger partial charge is 0.220 e. The van der Waals surface area contributed by atoms with Crippen molar-refractivity contribution in [3.05, 3.63) is 69.5 Å². The van der Waals surface area contributed by atoms with Gasteiger partial charge in [-0.15, -0.1) is 0 Å². The number of carbonyl (C=O) groups is 1. The van der Waals surface area contributed by atoms with E-state index in [4.69, 9.17) is 23.2 Å². The van der Waals surface area contributed by atoms with Crippen molar-refractivity contribution >= 4 is 40.9 Å². The predicted octanol–water partition coefficient (Wildman–Crippen LogP) is 5.11. The van der Waals surface area contributed by atoms with Gasteiger partial charge in [-0.3, -0.25) is 4.79 Å². The number of rotatable bonds is 8. The van der Waals surface area contributed by atoms with Crippen LogP contribution < -0.4 is 5.32 Å². The van der Waals surface area contributed by atoms with Crippen LogP contribution in [0.1, 0.15) is 17.5 Å². The third kappa shape index (κ3) is 6.34. The summed E-state index contributed by atoms with van der Waals surface area (Å²) in [7, 11) is 0. The molecule has 2 aromatic carbocycles. The molecule has 0 saturated carbocycles. The maximum atomic E-state index is 13.6. The second-order valence-electron chi connectivity index (χ2n) is 5.23. The molecule has 6 heteroatoms. The molecular formula is C18H18Cl2FNOS. The van der Waals surface area contributed by atoms with Crippen LogP contribution in [-0.2, 0) is 17.0 Å². The summed E-state index contributed by atoms with van der Waals surface area (Å²) in [6, 6.07) is 12.2. The molecule has 0 aromatic heterocycles. The quantitative estimate of drug-likeness (QED) is 0.639. The van der Waals surface area contributed by atoms with Crippen molar-refractivity contribution in [2.75, 3.05) is 12.3 Å². The normalized spacial score (nSPS) is 10.6. The fraction of sp³-hybridized carbons (Fsp3) is 0.278. The lowest BCUT2D eigenvalue weighted by Gasteiger charge is -2.07. The third-order valence-corrected chi connectivity index (χ3v) is 5.02. The third-order valence-electron chi connectivity index (χ3n) is 3.43. The standard InChI is InChI=1S/C18H18Cl2FNOS/c19-14-7-4-13(5-8-14)6-9-18(23)22-10-11-24-12-15-16(20)2-1-3-17(15)21/h1-5,7-8H,6,9-12H2,(H,22,23). The van der Waals surface area contributed by atoms with Crippen LogP contribution in [0.3, 0.4) is 0 Å². The number of nitrogens with one attached hydrogen (secondary N) is 1. The minimum atomic E-state index is -0.290. The average molecular weight is 386 g/mol. The molecule has 0 aliphatic rings. The zero-order valence-corrected chi connectivity index (χ0v) is 15.4. The van der Waals surface area contributed by atoms with Gasteiger partial charge in [0.2, 0.25) is 5.91 Å². The van der Waals surface area contributed by atoms with E-state index in [0.717, 1.165) is 5.56 Å². The van der Waals surface area contributed by atoms with Crippen molar-refractivity contribution in [3.63, 3.8) is 0 Å². The van der Waals surface area contributed by atoms with Gasteiger partial charge in [-0.05, 0) is 36.2 Å². The summed E-state index contributed by atoms with van der Waals surface area (Å²) >= 11 is 13.3. The van der Waals surface area contributed by atoms with Gasteiger partial charge in [-0.25, -0.2) is 4.39 Å². The highest BCUT2D eigenvalue weighted by Gasteiger charge is 2.07. The second-order valence-corrected chi connectivity index (χ2v) is 7.18. The van der Waals surface area contributed by atoms with Gasteiger partial charge >= 0.3 is 0 Å². The van der Waals surface area contributed by atoms with E-state index in [0.29, 0.717) is 46.5 Å². The van der Waals surface area contributed by atoms with E-state index < -0.39 is 0 Å². The molecule has 0 atom stereocenters. The summed E-state index contributed by atoms with van der Waals surface area (Å²) in [5.41, 5.74) is 1.59. The molecule has 0 fully saturated rings. The van der Waals surface area contributed by atoms with E-state index in [2.05, 4.69) is 5.32 Å². The SMILES string of the molecule is O=C(CCc1ccc(Cl)cc1)NCCSCc1c(F)cccc1Cl. The lowest BCUT2D eigenvalue weighted by molar-refractivity contribution is -0.120. The number of aryl methyl sites for hydroxylation is 1. The molecule has 128 valence electrons. The second kappa shape index (κ2) is 9.92. The summed E-state index contributed by atoms with van der Waals surface area (Å²) in [5.74, 6) is 0.917. The number of hydrogen-bond donors (Lipinski definition) is 1. The number of thioether (sulfide) groups is 1. The number of benzene rings is 2. The number of hydrogen-bond acceptors (Lipinski definition) is 2. The molecule has 0 radical (unpaired) electrons. The first-order valence-electron chi connectivity index (χ1n) is 7.58. The van der Waals surface area contributed by atoms with E-state index >= 15 is 0 Å². The Kier molecular flexibility index (Phi) is 7.89. The van der Waals surface area contributed by atoms with E-state index in [9.17, 15) is 9.18 Å². The lowest BCUT2D eigenvalue weighted by Crippen LogP contribution is -2.25. The Hall–Kier alpha value is -1.23. The van der Waals surface area contributed by atoms with Crippen LogP contribution in [0.25, 0.3) is 0 Å². The van der Waals surface area contributed by atoms with E-state index in [1.54, 1.807) is 12.1 Å². The first kappa shape index (κ1) is 19.1. The monoisotopic (exact) mass is 385 g/mol. The van der Waals surface area contributed by atoms with Gasteiger partial charge in [0.05, 0.1) is 0 Å². The molecule has 0 aliphatic carbocycles. The molecule has 0 heterocycles. The fourth-order valence-electron chi connectivity index (χ4n) is 2.10. The van der Waals surface area contributed by atoms with Gasteiger partial charge in [-0.2, -0.15) is 11.8 Å². The Morgan fingerprint density at radius 1 is 1.12 bits per heavy atom. The van der Waals surface area contributed by atoms with Crippen LogP contribution in [-0.4, -0.2) is 18.2 Å². The zero-order chi connectivity index (χ0) is 17.4. The van der Waals surface area contributed by atoms with Crippen molar-refractivity contribution < 1.29 is 9.18 Å². The van der Waals surface area contributed by atoms with Crippen LogP contribution in [0.15, 0.2) is 42.5 Å². The van der Waals surface area contributed by atoms with Crippen molar-refractivity contribution in [3.8, 4) is 0 Å². The fourth-order valence-corrected chi connectivity index (χ4v) is 3.43. The van der Waals surface area contributed by atoms with Crippen LogP contribution in [0.5, 0.6) is 0 Å². The van der Waals surface area contributed by atoms with Crippen LogP contribution >= 0.6 is 35.0 Å². The van der Waals surface area contributed by atoms with Crippen molar-refractivity contribution in [1.29, 1.82) is 0 Å². The summed E-state index contributed by atoms with van der Waals surface area (Å²) in [5, 5.41) is 4.00. The summed E-state index contributed by atoms with van der Waals surface area (Å²) in [6.07, 6.45) is 1.12. The van der Waals surface area contributed by atoms with Gasteiger partial charge in [0.15, 0.2) is 0 Å². The Morgan fingerprint density at radius 2 is 1.88 bits per heavy atom. The van der Waals surface area contributed by atoms with Crippen molar-refractivity contribution in [1.82, 2.24) is 5.32 Å². The lowest BCUT2D eigenvalue weighted by atomic mass is 10.1. The number of halogens is 3. The molecule has 2 nitrogen and oxygen atoms in total.